The Morgan fingerprint density at radius 3 is 0.970 bits per heavy atom. The van der Waals surface area contributed by atoms with Gasteiger partial charge in [-0.05, 0) is 74.1 Å². The fourth-order valence-electron chi connectivity index (χ4n) is 5.21. The van der Waals surface area contributed by atoms with Gasteiger partial charge < -0.3 is 0 Å². The van der Waals surface area contributed by atoms with Gasteiger partial charge in [0, 0.05) is 0 Å². The molecule has 2 heteroatoms. The van der Waals surface area contributed by atoms with E-state index < -0.39 is 0 Å². The van der Waals surface area contributed by atoms with Crippen molar-refractivity contribution in [1.29, 1.82) is 0 Å². The van der Waals surface area contributed by atoms with E-state index in [1.807, 2.05) is 0 Å². The summed E-state index contributed by atoms with van der Waals surface area (Å²) in [5.74, 6) is 1.63. The van der Waals surface area contributed by atoms with Crippen LogP contribution >= 0.6 is 15.8 Å². The fraction of sp³-hybridized carbons (Fsp3) is 0.226. The second kappa shape index (κ2) is 11.2. The van der Waals surface area contributed by atoms with Crippen molar-refractivity contribution < 1.29 is 0 Å². The molecule has 5 rings (SSSR count). The quantitative estimate of drug-likeness (QED) is 0.255. The van der Waals surface area contributed by atoms with Gasteiger partial charge in [-0.1, -0.05) is 128 Å². The molecule has 1 aliphatic rings. The Morgan fingerprint density at radius 1 is 0.424 bits per heavy atom. The van der Waals surface area contributed by atoms with E-state index in [0.29, 0.717) is 0 Å². The first-order valence-electron chi connectivity index (χ1n) is 12.1. The van der Waals surface area contributed by atoms with E-state index in [9.17, 15) is 0 Å². The largest absolute Gasteiger partial charge is 0.0622 e. The molecule has 1 aliphatic carbocycles. The SMILES string of the molecule is c1ccc(P(C[C@@H]2CCC[C@H]2CP(c2ccccc2)c2ccccc2)c2ccccc2)cc1. The van der Waals surface area contributed by atoms with Crippen LogP contribution in [-0.4, -0.2) is 12.3 Å². The monoisotopic (exact) mass is 466 g/mol. The fourth-order valence-corrected chi connectivity index (χ4v) is 10.7. The summed E-state index contributed by atoms with van der Waals surface area (Å²) in [7, 11) is -0.630. The molecule has 1 saturated carbocycles. The first-order valence-corrected chi connectivity index (χ1v) is 15.2. The molecule has 0 saturated heterocycles. The molecule has 2 atom stereocenters. The second-order valence-electron chi connectivity index (χ2n) is 9.01. The molecule has 0 bridgehead atoms. The first kappa shape index (κ1) is 22.5. The van der Waals surface area contributed by atoms with E-state index in [4.69, 9.17) is 0 Å². The van der Waals surface area contributed by atoms with Crippen molar-refractivity contribution in [1.82, 2.24) is 0 Å². The van der Waals surface area contributed by atoms with Crippen molar-refractivity contribution in [3.8, 4) is 0 Å². The Balaban J connectivity index is 1.40. The van der Waals surface area contributed by atoms with E-state index in [0.717, 1.165) is 11.8 Å². The molecule has 166 valence electrons. The van der Waals surface area contributed by atoms with E-state index in [-0.39, 0.29) is 15.8 Å². The summed E-state index contributed by atoms with van der Waals surface area (Å²) in [6.07, 6.45) is 6.79. The maximum absolute atomic E-state index is 2.35. The number of hydrogen-bond donors (Lipinski definition) is 0. The van der Waals surface area contributed by atoms with Crippen molar-refractivity contribution in [2.45, 2.75) is 19.3 Å². The zero-order valence-electron chi connectivity index (χ0n) is 19.1. The highest BCUT2D eigenvalue weighted by atomic mass is 31.1. The van der Waals surface area contributed by atoms with E-state index in [1.165, 1.54) is 52.8 Å². The summed E-state index contributed by atoms with van der Waals surface area (Å²) in [6.45, 7) is 0. The van der Waals surface area contributed by atoms with E-state index >= 15 is 0 Å². The topological polar surface area (TPSA) is 0 Å². The highest BCUT2D eigenvalue weighted by Gasteiger charge is 2.32. The summed E-state index contributed by atoms with van der Waals surface area (Å²) < 4.78 is 0. The van der Waals surface area contributed by atoms with Crippen LogP contribution in [0.5, 0.6) is 0 Å². The van der Waals surface area contributed by atoms with Gasteiger partial charge in [0.15, 0.2) is 0 Å². The van der Waals surface area contributed by atoms with Crippen LogP contribution in [0.25, 0.3) is 0 Å². The summed E-state index contributed by atoms with van der Waals surface area (Å²) >= 11 is 0. The molecular formula is C31H32P2. The Labute approximate surface area is 201 Å². The minimum absolute atomic E-state index is 0.315. The summed E-state index contributed by atoms with van der Waals surface area (Å²) in [5.41, 5.74) is 0. The van der Waals surface area contributed by atoms with E-state index in [1.54, 1.807) is 0 Å². The molecule has 0 nitrogen and oxygen atoms in total. The smallest absolute Gasteiger partial charge is 0.0195 e. The molecule has 0 radical (unpaired) electrons. The Kier molecular flexibility index (Phi) is 7.68. The third-order valence-corrected chi connectivity index (χ3v) is 12.3. The van der Waals surface area contributed by atoms with Gasteiger partial charge in [0.1, 0.15) is 0 Å². The molecule has 0 aromatic heterocycles. The van der Waals surface area contributed by atoms with Gasteiger partial charge in [0.05, 0.1) is 0 Å². The summed E-state index contributed by atoms with van der Waals surface area (Å²) in [6, 6.07) is 45.1. The molecule has 0 amide bonds. The molecule has 0 spiro atoms. The van der Waals surface area contributed by atoms with Crippen LogP contribution in [0.3, 0.4) is 0 Å². The number of benzene rings is 4. The van der Waals surface area contributed by atoms with Crippen molar-refractivity contribution in [3.63, 3.8) is 0 Å². The summed E-state index contributed by atoms with van der Waals surface area (Å²) in [4.78, 5) is 0. The van der Waals surface area contributed by atoms with Gasteiger partial charge in [-0.3, -0.25) is 0 Å². The maximum atomic E-state index is 2.35. The van der Waals surface area contributed by atoms with Gasteiger partial charge in [-0.15, -0.1) is 0 Å². The molecule has 0 unspecified atom stereocenters. The highest BCUT2D eigenvalue weighted by molar-refractivity contribution is 7.73. The third-order valence-electron chi connectivity index (χ3n) is 6.92. The van der Waals surface area contributed by atoms with Gasteiger partial charge in [0.25, 0.3) is 0 Å². The lowest BCUT2D eigenvalue weighted by molar-refractivity contribution is 0.469. The zero-order valence-corrected chi connectivity index (χ0v) is 20.9. The molecule has 4 aromatic carbocycles. The normalized spacial score (nSPS) is 18.1. The maximum Gasteiger partial charge on any atom is -0.0195 e. The minimum atomic E-state index is -0.315. The lowest BCUT2D eigenvalue weighted by atomic mass is 10.0. The predicted octanol–water partition coefficient (Wildman–Crippen LogP) is 6.67. The number of hydrogen-bond acceptors (Lipinski definition) is 0. The van der Waals surface area contributed by atoms with Gasteiger partial charge in [0.2, 0.25) is 0 Å². The lowest BCUT2D eigenvalue weighted by Crippen LogP contribution is -2.24. The van der Waals surface area contributed by atoms with Crippen LogP contribution < -0.4 is 21.2 Å². The van der Waals surface area contributed by atoms with Crippen LogP contribution in [0.4, 0.5) is 0 Å². The molecule has 0 aliphatic heterocycles. The van der Waals surface area contributed by atoms with Crippen molar-refractivity contribution in [2.24, 2.45) is 11.8 Å². The Hall–Kier alpha value is -2.26. The van der Waals surface area contributed by atoms with E-state index in [2.05, 4.69) is 121 Å². The molecule has 1 fully saturated rings. The molecule has 33 heavy (non-hydrogen) atoms. The Bertz CT molecular complexity index is 927. The van der Waals surface area contributed by atoms with Gasteiger partial charge in [-0.2, -0.15) is 0 Å². The van der Waals surface area contributed by atoms with Crippen molar-refractivity contribution in [2.75, 3.05) is 12.3 Å². The molecule has 0 heterocycles. The predicted molar refractivity (Wildman–Crippen MR) is 149 cm³/mol. The first-order chi connectivity index (χ1) is 16.4. The van der Waals surface area contributed by atoms with Gasteiger partial charge in [-0.25, -0.2) is 0 Å². The Morgan fingerprint density at radius 2 is 0.697 bits per heavy atom. The highest BCUT2D eigenvalue weighted by Crippen LogP contribution is 2.47. The second-order valence-corrected chi connectivity index (χ2v) is 13.5. The average Bonchev–Trinajstić information content (AvgIpc) is 3.34. The van der Waals surface area contributed by atoms with Gasteiger partial charge >= 0.3 is 0 Å². The number of rotatable bonds is 8. The molecule has 4 aromatic rings. The van der Waals surface area contributed by atoms with Crippen molar-refractivity contribution >= 4 is 37.1 Å². The molecular weight excluding hydrogens is 434 g/mol. The van der Waals surface area contributed by atoms with Crippen LogP contribution in [0.15, 0.2) is 121 Å². The third kappa shape index (κ3) is 5.63. The van der Waals surface area contributed by atoms with Crippen LogP contribution in [0, 0.1) is 11.8 Å². The molecule has 0 N–H and O–H groups in total. The summed E-state index contributed by atoms with van der Waals surface area (Å²) in [5, 5.41) is 6.10. The lowest BCUT2D eigenvalue weighted by Gasteiger charge is -2.29. The minimum Gasteiger partial charge on any atom is -0.0622 e. The zero-order chi connectivity index (χ0) is 22.3. The standard InChI is InChI=1S/C31H32P2/c1-5-16-28(17-6-1)32(29-18-7-2-8-19-29)24-26-14-13-15-27(26)25-33(30-20-9-3-10-21-30)31-22-11-4-12-23-31/h1-12,16-23,26-27H,13-15,24-25H2/t26-,27-/m0/s1. The van der Waals surface area contributed by atoms with Crippen LogP contribution in [0.1, 0.15) is 19.3 Å². The van der Waals surface area contributed by atoms with Crippen LogP contribution in [-0.2, 0) is 0 Å². The van der Waals surface area contributed by atoms with Crippen molar-refractivity contribution in [3.05, 3.63) is 121 Å². The average molecular weight is 467 g/mol. The van der Waals surface area contributed by atoms with Crippen LogP contribution in [0.2, 0.25) is 0 Å².